The van der Waals surface area contributed by atoms with Gasteiger partial charge in [0.05, 0.1) is 5.56 Å². The number of carbonyl (C=O) groups excluding carboxylic acids is 1. The molecule has 2 aromatic carbocycles. The van der Waals surface area contributed by atoms with Crippen LogP contribution < -0.4 is 9.47 Å². The SMILES string of the molecule is CCC/C=C/COC(=O)/C=C/C(C)Oc1ccc(Oc2ccc(C(F)(F)F)cc2)cc1. The molecule has 1 atom stereocenters. The molecule has 0 aliphatic carbocycles. The smallest absolute Gasteiger partial charge is 0.416 e. The maximum absolute atomic E-state index is 12.6. The molecule has 0 fully saturated rings. The highest BCUT2D eigenvalue weighted by molar-refractivity contribution is 5.82. The average Bonchev–Trinajstić information content (AvgIpc) is 2.73. The van der Waals surface area contributed by atoms with Crippen molar-refractivity contribution in [2.75, 3.05) is 6.61 Å². The number of hydrogen-bond acceptors (Lipinski definition) is 4. The van der Waals surface area contributed by atoms with E-state index in [-0.39, 0.29) is 12.7 Å². The predicted molar refractivity (Wildman–Crippen MR) is 112 cm³/mol. The van der Waals surface area contributed by atoms with Crippen molar-refractivity contribution in [1.29, 1.82) is 0 Å². The van der Waals surface area contributed by atoms with Crippen molar-refractivity contribution in [2.45, 2.75) is 39.0 Å². The lowest BCUT2D eigenvalue weighted by Crippen LogP contribution is -2.09. The molecule has 0 saturated carbocycles. The van der Waals surface area contributed by atoms with E-state index in [0.717, 1.165) is 25.0 Å². The lowest BCUT2D eigenvalue weighted by atomic mass is 10.2. The van der Waals surface area contributed by atoms with Crippen LogP contribution in [0, 0.1) is 0 Å². The molecule has 0 aromatic heterocycles. The first-order valence-corrected chi connectivity index (χ1v) is 9.89. The number of carbonyl (C=O) groups is 1. The fourth-order valence-electron chi connectivity index (χ4n) is 2.43. The molecule has 166 valence electrons. The second-order valence-corrected chi connectivity index (χ2v) is 6.67. The van der Waals surface area contributed by atoms with E-state index >= 15 is 0 Å². The highest BCUT2D eigenvalue weighted by Crippen LogP contribution is 2.31. The van der Waals surface area contributed by atoms with E-state index in [1.165, 1.54) is 18.2 Å². The molecule has 0 amide bonds. The topological polar surface area (TPSA) is 44.8 Å². The normalized spacial score (nSPS) is 12.8. The molecule has 7 heteroatoms. The van der Waals surface area contributed by atoms with E-state index in [0.29, 0.717) is 17.2 Å². The highest BCUT2D eigenvalue weighted by Gasteiger charge is 2.30. The summed E-state index contributed by atoms with van der Waals surface area (Å²) in [4.78, 5) is 11.6. The van der Waals surface area contributed by atoms with E-state index in [2.05, 4.69) is 6.92 Å². The van der Waals surface area contributed by atoms with E-state index < -0.39 is 17.7 Å². The van der Waals surface area contributed by atoms with Crippen LogP contribution in [0.5, 0.6) is 17.2 Å². The van der Waals surface area contributed by atoms with Crippen LogP contribution in [0.3, 0.4) is 0 Å². The molecule has 0 saturated heterocycles. The number of halogens is 3. The van der Waals surface area contributed by atoms with E-state index in [9.17, 15) is 18.0 Å². The van der Waals surface area contributed by atoms with Crippen molar-refractivity contribution in [3.8, 4) is 17.2 Å². The average molecular weight is 434 g/mol. The Bertz CT molecular complexity index is 869. The maximum atomic E-state index is 12.6. The van der Waals surface area contributed by atoms with Crippen molar-refractivity contribution >= 4 is 5.97 Å². The van der Waals surface area contributed by atoms with Crippen LogP contribution in [0.25, 0.3) is 0 Å². The van der Waals surface area contributed by atoms with Gasteiger partial charge in [-0.3, -0.25) is 0 Å². The van der Waals surface area contributed by atoms with Crippen molar-refractivity contribution < 1.29 is 32.2 Å². The fourth-order valence-corrected chi connectivity index (χ4v) is 2.43. The molecule has 4 nitrogen and oxygen atoms in total. The van der Waals surface area contributed by atoms with Crippen LogP contribution in [0.15, 0.2) is 72.8 Å². The van der Waals surface area contributed by atoms with Crippen LogP contribution >= 0.6 is 0 Å². The zero-order valence-electron chi connectivity index (χ0n) is 17.4. The number of unbranched alkanes of at least 4 members (excludes halogenated alkanes) is 1. The summed E-state index contributed by atoms with van der Waals surface area (Å²) in [5.41, 5.74) is -0.734. The summed E-state index contributed by atoms with van der Waals surface area (Å²) in [6, 6.07) is 11.1. The summed E-state index contributed by atoms with van der Waals surface area (Å²) in [6.45, 7) is 4.08. The molecule has 0 spiro atoms. The maximum Gasteiger partial charge on any atom is 0.416 e. The Hall–Kier alpha value is -3.22. The van der Waals surface area contributed by atoms with Gasteiger partial charge in [0, 0.05) is 6.08 Å². The summed E-state index contributed by atoms with van der Waals surface area (Å²) in [5.74, 6) is 0.848. The zero-order chi connectivity index (χ0) is 22.7. The predicted octanol–water partition coefficient (Wildman–Crippen LogP) is 6.72. The van der Waals surface area contributed by atoms with Gasteiger partial charge in [-0.2, -0.15) is 13.2 Å². The van der Waals surface area contributed by atoms with Gasteiger partial charge < -0.3 is 14.2 Å². The molecule has 0 heterocycles. The van der Waals surface area contributed by atoms with E-state index in [1.807, 2.05) is 12.2 Å². The van der Waals surface area contributed by atoms with Gasteiger partial charge >= 0.3 is 12.1 Å². The Labute approximate surface area is 179 Å². The number of hydrogen-bond donors (Lipinski definition) is 0. The Morgan fingerprint density at radius 2 is 1.55 bits per heavy atom. The third-order valence-electron chi connectivity index (χ3n) is 4.01. The molecule has 0 radical (unpaired) electrons. The quantitative estimate of drug-likeness (QED) is 0.237. The highest BCUT2D eigenvalue weighted by atomic mass is 19.4. The standard InChI is InChI=1S/C24H25F3O4/c1-3-4-5-6-17-29-23(28)16-7-18(2)30-20-12-14-22(15-13-20)31-21-10-8-19(9-11-21)24(25,26)27/h5-16,18H,3-4,17H2,1-2H3/b6-5+,16-7+. The van der Waals surface area contributed by atoms with Gasteiger partial charge in [0.15, 0.2) is 0 Å². The molecule has 31 heavy (non-hydrogen) atoms. The monoisotopic (exact) mass is 434 g/mol. The summed E-state index contributed by atoms with van der Waals surface area (Å²) < 4.78 is 54.1. The lowest BCUT2D eigenvalue weighted by molar-refractivity contribution is -0.138. The minimum Gasteiger partial charge on any atom is -0.487 e. The molecular formula is C24H25F3O4. The van der Waals surface area contributed by atoms with Gasteiger partial charge in [-0.25, -0.2) is 4.79 Å². The van der Waals surface area contributed by atoms with Gasteiger partial charge in [0.25, 0.3) is 0 Å². The third kappa shape index (κ3) is 8.99. The molecule has 2 aromatic rings. The van der Waals surface area contributed by atoms with Crippen molar-refractivity contribution in [2.24, 2.45) is 0 Å². The number of rotatable bonds is 10. The molecule has 0 N–H and O–H groups in total. The molecule has 0 aliphatic rings. The molecule has 0 bridgehead atoms. The third-order valence-corrected chi connectivity index (χ3v) is 4.01. The second kappa shape index (κ2) is 11.8. The van der Waals surface area contributed by atoms with Gasteiger partial charge in [-0.15, -0.1) is 0 Å². The van der Waals surface area contributed by atoms with Crippen LogP contribution in [-0.4, -0.2) is 18.7 Å². The molecule has 2 rings (SSSR count). The van der Waals surface area contributed by atoms with E-state index in [1.54, 1.807) is 37.3 Å². The van der Waals surface area contributed by atoms with Crippen molar-refractivity contribution in [1.82, 2.24) is 0 Å². The first kappa shape index (κ1) is 24.1. The Kier molecular flexibility index (Phi) is 9.18. The number of alkyl halides is 3. The van der Waals surface area contributed by atoms with Crippen LogP contribution in [0.1, 0.15) is 32.3 Å². The number of ether oxygens (including phenoxy) is 3. The summed E-state index contributed by atoms with van der Waals surface area (Å²) in [5, 5.41) is 0. The van der Waals surface area contributed by atoms with Gasteiger partial charge in [-0.1, -0.05) is 25.5 Å². The van der Waals surface area contributed by atoms with Crippen LogP contribution in [0.2, 0.25) is 0 Å². The Balaban J connectivity index is 1.81. The lowest BCUT2D eigenvalue weighted by Gasteiger charge is -2.12. The van der Waals surface area contributed by atoms with Crippen molar-refractivity contribution in [3.63, 3.8) is 0 Å². The number of allylic oxidation sites excluding steroid dienone is 1. The van der Waals surface area contributed by atoms with Gasteiger partial charge in [0.2, 0.25) is 0 Å². The number of benzene rings is 2. The van der Waals surface area contributed by atoms with Gasteiger partial charge in [-0.05, 0) is 68.0 Å². The van der Waals surface area contributed by atoms with E-state index in [4.69, 9.17) is 14.2 Å². The minimum absolute atomic E-state index is 0.235. The van der Waals surface area contributed by atoms with Crippen molar-refractivity contribution in [3.05, 3.63) is 78.4 Å². The van der Waals surface area contributed by atoms with Crippen LogP contribution in [0.4, 0.5) is 13.2 Å². The second-order valence-electron chi connectivity index (χ2n) is 6.67. The summed E-state index contributed by atoms with van der Waals surface area (Å²) in [6.07, 6.45) is 3.92. The fraction of sp³-hybridized carbons (Fsp3) is 0.292. The minimum atomic E-state index is -4.38. The summed E-state index contributed by atoms with van der Waals surface area (Å²) >= 11 is 0. The first-order chi connectivity index (χ1) is 14.8. The largest absolute Gasteiger partial charge is 0.487 e. The molecular weight excluding hydrogens is 409 g/mol. The summed E-state index contributed by atoms with van der Waals surface area (Å²) in [7, 11) is 0. The number of esters is 1. The van der Waals surface area contributed by atoms with Gasteiger partial charge in [0.1, 0.15) is 30.0 Å². The molecule has 1 unspecified atom stereocenters. The zero-order valence-corrected chi connectivity index (χ0v) is 17.4. The van der Waals surface area contributed by atoms with Crippen LogP contribution in [-0.2, 0) is 15.7 Å². The Morgan fingerprint density at radius 3 is 2.13 bits per heavy atom. The molecule has 0 aliphatic heterocycles. The first-order valence-electron chi connectivity index (χ1n) is 9.89. The Morgan fingerprint density at radius 1 is 0.968 bits per heavy atom.